The fraction of sp³-hybridized carbons (Fsp3) is 0.640. The van der Waals surface area contributed by atoms with Gasteiger partial charge in [0.1, 0.15) is 0 Å². The minimum atomic E-state index is -0.479. The molecule has 0 radical (unpaired) electrons. The van der Waals surface area contributed by atoms with Crippen molar-refractivity contribution in [2.45, 2.75) is 51.0 Å². The molecule has 1 atom stereocenters. The van der Waals surface area contributed by atoms with Gasteiger partial charge in [-0.1, -0.05) is 12.8 Å². The molecule has 10 nitrogen and oxygen atoms in total. The van der Waals surface area contributed by atoms with Gasteiger partial charge in [-0.2, -0.15) is 0 Å². The highest BCUT2D eigenvalue weighted by molar-refractivity contribution is 5.94. The smallest absolute Gasteiger partial charge is 0.269 e. The summed E-state index contributed by atoms with van der Waals surface area (Å²) in [6.07, 6.45) is 6.69. The van der Waals surface area contributed by atoms with Crippen LogP contribution in [0.4, 0.5) is 5.69 Å². The maximum atomic E-state index is 13.2. The third-order valence-electron chi connectivity index (χ3n) is 7.51. The van der Waals surface area contributed by atoms with E-state index < -0.39 is 4.92 Å². The summed E-state index contributed by atoms with van der Waals surface area (Å²) < 4.78 is 0. The normalized spacial score (nSPS) is 20.3. The number of hydrogen-bond acceptors (Lipinski definition) is 6. The summed E-state index contributed by atoms with van der Waals surface area (Å²) in [4.78, 5) is 54.1. The molecular weight excluding hydrogens is 450 g/mol. The highest BCUT2D eigenvalue weighted by Crippen LogP contribution is 2.31. The second kappa shape index (κ2) is 11.6. The van der Waals surface area contributed by atoms with E-state index in [4.69, 9.17) is 0 Å². The lowest BCUT2D eigenvalue weighted by atomic mass is 9.95. The van der Waals surface area contributed by atoms with Crippen molar-refractivity contribution in [2.24, 2.45) is 5.92 Å². The maximum absolute atomic E-state index is 13.2. The number of hydrogen-bond donors (Lipinski definition) is 1. The molecule has 2 heterocycles. The molecule has 1 N–H and O–H groups in total. The van der Waals surface area contributed by atoms with E-state index in [-0.39, 0.29) is 29.5 Å². The van der Waals surface area contributed by atoms with Crippen LogP contribution in [0.2, 0.25) is 0 Å². The largest absolute Gasteiger partial charge is 0.355 e. The predicted octanol–water partition coefficient (Wildman–Crippen LogP) is 2.04. The molecule has 2 saturated heterocycles. The van der Waals surface area contributed by atoms with E-state index in [0.717, 1.165) is 45.1 Å². The number of nitrogens with one attached hydrogen (secondary N) is 1. The first kappa shape index (κ1) is 25.1. The molecule has 0 bridgehead atoms. The van der Waals surface area contributed by atoms with Gasteiger partial charge in [0, 0.05) is 69.9 Å². The summed E-state index contributed by atoms with van der Waals surface area (Å²) >= 11 is 0. The average molecular weight is 486 g/mol. The molecule has 4 rings (SSSR count). The molecule has 190 valence electrons. The van der Waals surface area contributed by atoms with Gasteiger partial charge in [-0.05, 0) is 43.7 Å². The molecule has 1 saturated carbocycles. The lowest BCUT2D eigenvalue weighted by molar-refractivity contribution is -0.384. The van der Waals surface area contributed by atoms with Crippen molar-refractivity contribution in [1.82, 2.24) is 20.0 Å². The van der Waals surface area contributed by atoms with Gasteiger partial charge in [-0.15, -0.1) is 0 Å². The molecule has 3 fully saturated rings. The quantitative estimate of drug-likeness (QED) is 0.325. The lowest BCUT2D eigenvalue weighted by Crippen LogP contribution is -2.58. The summed E-state index contributed by atoms with van der Waals surface area (Å²) in [7, 11) is 0. The molecule has 0 aromatic heterocycles. The third kappa shape index (κ3) is 6.17. The number of carbonyl (C=O) groups excluding carboxylic acids is 3. The molecule has 3 amide bonds. The lowest BCUT2D eigenvalue weighted by Gasteiger charge is -2.40. The molecule has 1 aromatic carbocycles. The molecule has 1 aromatic rings. The molecule has 1 unspecified atom stereocenters. The Hall–Kier alpha value is -3.01. The number of rotatable bonds is 9. The van der Waals surface area contributed by atoms with Gasteiger partial charge in [0.05, 0.1) is 11.0 Å². The van der Waals surface area contributed by atoms with Crippen LogP contribution in [0.15, 0.2) is 24.3 Å². The standard InChI is InChI=1S/C25H35N5O5/c31-22-7-3-13-27(22)14-4-12-26-24(32)23(19-5-1-2-6-19)28-15-17-29(18-16-28)25(33)20-8-10-21(11-9-20)30(34)35/h8-11,19,23H,1-7,12-18H2,(H,26,32). The van der Waals surface area contributed by atoms with Crippen molar-refractivity contribution in [3.63, 3.8) is 0 Å². The number of piperazine rings is 1. The molecule has 35 heavy (non-hydrogen) atoms. The van der Waals surface area contributed by atoms with Gasteiger partial charge in [0.15, 0.2) is 0 Å². The minimum absolute atomic E-state index is 0.0381. The van der Waals surface area contributed by atoms with Crippen LogP contribution in [0.25, 0.3) is 0 Å². The van der Waals surface area contributed by atoms with Crippen molar-refractivity contribution < 1.29 is 19.3 Å². The van der Waals surface area contributed by atoms with Crippen LogP contribution in [0.5, 0.6) is 0 Å². The zero-order valence-corrected chi connectivity index (χ0v) is 20.2. The molecule has 1 aliphatic carbocycles. The van der Waals surface area contributed by atoms with Crippen LogP contribution in [-0.2, 0) is 9.59 Å². The summed E-state index contributed by atoms with van der Waals surface area (Å²) in [6.45, 7) is 4.35. The number of nitro benzene ring substituents is 1. The van der Waals surface area contributed by atoms with Crippen molar-refractivity contribution in [3.8, 4) is 0 Å². The van der Waals surface area contributed by atoms with Crippen LogP contribution in [-0.4, -0.2) is 89.2 Å². The Morgan fingerprint density at radius 3 is 2.31 bits per heavy atom. The van der Waals surface area contributed by atoms with Crippen LogP contribution >= 0.6 is 0 Å². The number of non-ortho nitro benzene ring substituents is 1. The Morgan fingerprint density at radius 2 is 1.71 bits per heavy atom. The summed E-state index contributed by atoms with van der Waals surface area (Å²) in [5.41, 5.74) is 0.398. The fourth-order valence-corrected chi connectivity index (χ4v) is 5.59. The topological polar surface area (TPSA) is 116 Å². The average Bonchev–Trinajstić information content (AvgIpc) is 3.54. The van der Waals surface area contributed by atoms with Gasteiger partial charge in [0.2, 0.25) is 11.8 Å². The SMILES string of the molecule is O=C(NCCCN1CCCC1=O)C(C1CCCC1)N1CCN(C(=O)c2ccc([N+](=O)[O-])cc2)CC1. The van der Waals surface area contributed by atoms with E-state index in [2.05, 4.69) is 10.2 Å². The van der Waals surface area contributed by atoms with E-state index >= 15 is 0 Å². The maximum Gasteiger partial charge on any atom is 0.269 e. The van der Waals surface area contributed by atoms with E-state index in [1.54, 1.807) is 4.90 Å². The molecule has 2 aliphatic heterocycles. The van der Waals surface area contributed by atoms with Crippen LogP contribution < -0.4 is 5.32 Å². The van der Waals surface area contributed by atoms with Gasteiger partial charge in [-0.3, -0.25) is 29.4 Å². The Labute approximate surface area is 205 Å². The van der Waals surface area contributed by atoms with Crippen LogP contribution in [0, 0.1) is 16.0 Å². The summed E-state index contributed by atoms with van der Waals surface area (Å²) in [6, 6.07) is 5.50. The second-order valence-electron chi connectivity index (χ2n) is 9.75. The Kier molecular flexibility index (Phi) is 8.33. The van der Waals surface area contributed by atoms with E-state index in [1.807, 2.05) is 4.90 Å². The second-order valence-corrected chi connectivity index (χ2v) is 9.75. The first-order valence-corrected chi connectivity index (χ1v) is 12.8. The Bertz CT molecular complexity index is 923. The predicted molar refractivity (Wildman–Crippen MR) is 130 cm³/mol. The number of carbonyl (C=O) groups is 3. The summed E-state index contributed by atoms with van der Waals surface area (Å²) in [5.74, 6) is 0.450. The number of benzene rings is 1. The van der Waals surface area contributed by atoms with E-state index in [0.29, 0.717) is 57.2 Å². The van der Waals surface area contributed by atoms with Gasteiger partial charge >= 0.3 is 0 Å². The molecular formula is C25H35N5O5. The highest BCUT2D eigenvalue weighted by Gasteiger charge is 2.37. The Morgan fingerprint density at radius 1 is 1.03 bits per heavy atom. The molecule has 0 spiro atoms. The third-order valence-corrected chi connectivity index (χ3v) is 7.51. The van der Waals surface area contributed by atoms with Crippen molar-refractivity contribution in [3.05, 3.63) is 39.9 Å². The number of amides is 3. The van der Waals surface area contributed by atoms with Crippen molar-refractivity contribution in [1.29, 1.82) is 0 Å². The first-order valence-electron chi connectivity index (χ1n) is 12.8. The Balaban J connectivity index is 1.30. The van der Waals surface area contributed by atoms with Gasteiger partial charge in [0.25, 0.3) is 11.6 Å². The van der Waals surface area contributed by atoms with E-state index in [1.165, 1.54) is 24.3 Å². The molecule has 3 aliphatic rings. The van der Waals surface area contributed by atoms with Crippen molar-refractivity contribution in [2.75, 3.05) is 45.8 Å². The minimum Gasteiger partial charge on any atom is -0.355 e. The van der Waals surface area contributed by atoms with Gasteiger partial charge in [-0.25, -0.2) is 0 Å². The van der Waals surface area contributed by atoms with Crippen molar-refractivity contribution >= 4 is 23.4 Å². The highest BCUT2D eigenvalue weighted by atomic mass is 16.6. The number of likely N-dealkylation sites (tertiary alicyclic amines) is 1. The monoisotopic (exact) mass is 485 g/mol. The van der Waals surface area contributed by atoms with Gasteiger partial charge < -0.3 is 15.1 Å². The zero-order valence-electron chi connectivity index (χ0n) is 20.2. The molecule has 10 heteroatoms. The van der Waals surface area contributed by atoms with E-state index in [9.17, 15) is 24.5 Å². The zero-order chi connectivity index (χ0) is 24.8. The summed E-state index contributed by atoms with van der Waals surface area (Å²) in [5, 5.41) is 14.0. The fourth-order valence-electron chi connectivity index (χ4n) is 5.59. The van der Waals surface area contributed by atoms with Crippen LogP contribution in [0.3, 0.4) is 0 Å². The number of nitro groups is 1. The van der Waals surface area contributed by atoms with Crippen LogP contribution in [0.1, 0.15) is 55.3 Å². The first-order chi connectivity index (χ1) is 16.9. The number of nitrogens with zero attached hydrogens (tertiary/aromatic N) is 4.